The zero-order valence-corrected chi connectivity index (χ0v) is 9.69. The summed E-state index contributed by atoms with van der Waals surface area (Å²) < 4.78 is 5.07. The first-order valence-corrected chi connectivity index (χ1v) is 5.26. The minimum absolute atomic E-state index is 0.258. The molecular formula is C12H18N2O2. The molecule has 88 valence electrons. The Bertz CT molecular complexity index is 340. The molecule has 0 saturated carbocycles. The monoisotopic (exact) mass is 222 g/mol. The predicted octanol–water partition coefficient (Wildman–Crippen LogP) is 1.38. The largest absolute Gasteiger partial charge is 0.382 e. The number of amides is 1. The summed E-state index contributed by atoms with van der Waals surface area (Å²) in [5.74, 6) is -0.402. The number of anilines is 1. The van der Waals surface area contributed by atoms with E-state index in [2.05, 4.69) is 5.32 Å². The molecule has 0 saturated heterocycles. The van der Waals surface area contributed by atoms with Crippen LogP contribution in [-0.2, 0) is 9.53 Å². The average molecular weight is 222 g/mol. The predicted molar refractivity (Wildman–Crippen MR) is 64.2 cm³/mol. The van der Waals surface area contributed by atoms with Gasteiger partial charge in [-0.1, -0.05) is 25.1 Å². The van der Waals surface area contributed by atoms with E-state index in [4.69, 9.17) is 10.5 Å². The van der Waals surface area contributed by atoms with E-state index in [-0.39, 0.29) is 6.61 Å². The van der Waals surface area contributed by atoms with Crippen LogP contribution in [0.5, 0.6) is 0 Å². The van der Waals surface area contributed by atoms with E-state index < -0.39 is 11.4 Å². The van der Waals surface area contributed by atoms with Gasteiger partial charge >= 0.3 is 0 Å². The lowest BCUT2D eigenvalue weighted by molar-refractivity contribution is -0.124. The van der Waals surface area contributed by atoms with Gasteiger partial charge in [0.2, 0.25) is 5.91 Å². The van der Waals surface area contributed by atoms with Gasteiger partial charge < -0.3 is 15.8 Å². The second-order valence-electron chi connectivity index (χ2n) is 3.72. The fourth-order valence-corrected chi connectivity index (χ4v) is 1.58. The minimum Gasteiger partial charge on any atom is -0.382 e. The van der Waals surface area contributed by atoms with Crippen molar-refractivity contribution < 1.29 is 9.53 Å². The van der Waals surface area contributed by atoms with Gasteiger partial charge in [-0.25, -0.2) is 0 Å². The molecule has 4 nitrogen and oxygen atoms in total. The van der Waals surface area contributed by atoms with Crippen molar-refractivity contribution in [2.45, 2.75) is 18.9 Å². The first kappa shape index (κ1) is 12.5. The zero-order chi connectivity index (χ0) is 12.0. The van der Waals surface area contributed by atoms with E-state index in [1.807, 2.05) is 37.3 Å². The number of hydrogen-bond acceptors (Lipinski definition) is 3. The van der Waals surface area contributed by atoms with Crippen LogP contribution >= 0.6 is 0 Å². The van der Waals surface area contributed by atoms with Crippen LogP contribution in [0, 0.1) is 0 Å². The summed E-state index contributed by atoms with van der Waals surface area (Å²) in [6, 6.07) is 9.50. The quantitative estimate of drug-likeness (QED) is 0.764. The SMILES string of the molecule is CCC(COC)(Nc1ccccc1)C(N)=O. The van der Waals surface area contributed by atoms with Gasteiger partial charge in [0.15, 0.2) is 0 Å². The first-order chi connectivity index (χ1) is 7.64. The fraction of sp³-hybridized carbons (Fsp3) is 0.417. The Morgan fingerprint density at radius 1 is 1.44 bits per heavy atom. The molecule has 1 rings (SSSR count). The fourth-order valence-electron chi connectivity index (χ4n) is 1.58. The molecule has 16 heavy (non-hydrogen) atoms. The lowest BCUT2D eigenvalue weighted by Crippen LogP contribution is -2.53. The van der Waals surface area contributed by atoms with Gasteiger partial charge in [0.05, 0.1) is 6.61 Å². The molecule has 0 heterocycles. The summed E-state index contributed by atoms with van der Waals surface area (Å²) in [6.45, 7) is 2.16. The van der Waals surface area contributed by atoms with Crippen LogP contribution in [0.25, 0.3) is 0 Å². The van der Waals surface area contributed by atoms with E-state index in [0.29, 0.717) is 6.42 Å². The number of carbonyl (C=O) groups is 1. The Balaban J connectivity index is 2.90. The van der Waals surface area contributed by atoms with Crippen molar-refractivity contribution >= 4 is 11.6 Å². The van der Waals surface area contributed by atoms with Crippen LogP contribution in [-0.4, -0.2) is 25.2 Å². The number of ether oxygens (including phenoxy) is 1. The van der Waals surface area contributed by atoms with E-state index in [1.54, 1.807) is 7.11 Å². The second-order valence-corrected chi connectivity index (χ2v) is 3.72. The Hall–Kier alpha value is -1.55. The summed E-state index contributed by atoms with van der Waals surface area (Å²) >= 11 is 0. The summed E-state index contributed by atoms with van der Waals surface area (Å²) in [4.78, 5) is 11.5. The lowest BCUT2D eigenvalue weighted by atomic mass is 9.95. The smallest absolute Gasteiger partial charge is 0.245 e. The highest BCUT2D eigenvalue weighted by molar-refractivity contribution is 5.88. The third kappa shape index (κ3) is 2.73. The maximum absolute atomic E-state index is 11.5. The molecule has 0 aliphatic rings. The van der Waals surface area contributed by atoms with E-state index >= 15 is 0 Å². The maximum Gasteiger partial charge on any atom is 0.245 e. The molecule has 0 bridgehead atoms. The molecule has 1 amide bonds. The molecule has 0 aliphatic carbocycles. The number of rotatable bonds is 6. The van der Waals surface area contributed by atoms with Gasteiger partial charge in [0, 0.05) is 12.8 Å². The summed E-state index contributed by atoms with van der Waals surface area (Å²) in [7, 11) is 1.56. The summed E-state index contributed by atoms with van der Waals surface area (Å²) in [6.07, 6.45) is 0.574. The number of carbonyl (C=O) groups excluding carboxylic acids is 1. The highest BCUT2D eigenvalue weighted by atomic mass is 16.5. The number of para-hydroxylation sites is 1. The van der Waals surface area contributed by atoms with Crippen molar-refractivity contribution in [2.75, 3.05) is 19.0 Å². The molecule has 3 N–H and O–H groups in total. The Morgan fingerprint density at radius 2 is 2.06 bits per heavy atom. The number of hydrogen-bond donors (Lipinski definition) is 2. The Labute approximate surface area is 95.8 Å². The normalized spacial score (nSPS) is 14.1. The van der Waals surface area contributed by atoms with Crippen molar-refractivity contribution in [1.82, 2.24) is 0 Å². The lowest BCUT2D eigenvalue weighted by Gasteiger charge is -2.30. The topological polar surface area (TPSA) is 64.3 Å². The molecule has 1 aromatic carbocycles. The number of methoxy groups -OCH3 is 1. The second kappa shape index (κ2) is 5.51. The van der Waals surface area contributed by atoms with Crippen molar-refractivity contribution in [1.29, 1.82) is 0 Å². The van der Waals surface area contributed by atoms with Gasteiger partial charge in [-0.15, -0.1) is 0 Å². The number of benzene rings is 1. The Morgan fingerprint density at radius 3 is 2.50 bits per heavy atom. The molecule has 0 aromatic heterocycles. The third-order valence-corrected chi connectivity index (χ3v) is 2.62. The third-order valence-electron chi connectivity index (χ3n) is 2.62. The number of primary amides is 1. The van der Waals surface area contributed by atoms with Crippen molar-refractivity contribution in [3.63, 3.8) is 0 Å². The number of nitrogens with two attached hydrogens (primary N) is 1. The molecule has 0 radical (unpaired) electrons. The van der Waals surface area contributed by atoms with Crippen LogP contribution in [0.1, 0.15) is 13.3 Å². The van der Waals surface area contributed by atoms with E-state index in [1.165, 1.54) is 0 Å². The molecule has 0 aliphatic heterocycles. The summed E-state index contributed by atoms with van der Waals surface area (Å²) in [5, 5.41) is 3.14. The summed E-state index contributed by atoms with van der Waals surface area (Å²) in [5.41, 5.74) is 5.46. The van der Waals surface area contributed by atoms with Crippen molar-refractivity contribution in [3.05, 3.63) is 30.3 Å². The minimum atomic E-state index is -0.837. The van der Waals surface area contributed by atoms with Crippen LogP contribution < -0.4 is 11.1 Å². The molecule has 4 heteroatoms. The van der Waals surface area contributed by atoms with Crippen LogP contribution in [0.3, 0.4) is 0 Å². The highest BCUT2D eigenvalue weighted by Crippen LogP contribution is 2.18. The van der Waals surface area contributed by atoms with Gasteiger partial charge in [-0.3, -0.25) is 4.79 Å². The molecule has 1 atom stereocenters. The molecule has 1 aromatic rings. The van der Waals surface area contributed by atoms with Crippen molar-refractivity contribution in [2.24, 2.45) is 5.73 Å². The van der Waals surface area contributed by atoms with Gasteiger partial charge in [0.1, 0.15) is 5.54 Å². The van der Waals surface area contributed by atoms with Crippen LogP contribution in [0.4, 0.5) is 5.69 Å². The van der Waals surface area contributed by atoms with E-state index in [9.17, 15) is 4.79 Å². The molecular weight excluding hydrogens is 204 g/mol. The standard InChI is InChI=1S/C12H18N2O2/c1-3-12(9-16-2,11(13)15)14-10-7-5-4-6-8-10/h4-8,14H,3,9H2,1-2H3,(H2,13,15). The maximum atomic E-state index is 11.5. The molecule has 0 fully saturated rings. The zero-order valence-electron chi connectivity index (χ0n) is 9.69. The van der Waals surface area contributed by atoms with Crippen LogP contribution in [0.15, 0.2) is 30.3 Å². The van der Waals surface area contributed by atoms with E-state index in [0.717, 1.165) is 5.69 Å². The van der Waals surface area contributed by atoms with Gasteiger partial charge in [-0.2, -0.15) is 0 Å². The average Bonchev–Trinajstić information content (AvgIpc) is 2.29. The van der Waals surface area contributed by atoms with Gasteiger partial charge in [-0.05, 0) is 18.6 Å². The molecule has 0 spiro atoms. The Kier molecular flexibility index (Phi) is 4.31. The van der Waals surface area contributed by atoms with Crippen molar-refractivity contribution in [3.8, 4) is 0 Å². The van der Waals surface area contributed by atoms with Gasteiger partial charge in [0.25, 0.3) is 0 Å². The molecule has 1 unspecified atom stereocenters. The highest BCUT2D eigenvalue weighted by Gasteiger charge is 2.34. The first-order valence-electron chi connectivity index (χ1n) is 5.26. The van der Waals surface area contributed by atoms with Crippen LogP contribution in [0.2, 0.25) is 0 Å². The number of nitrogens with one attached hydrogen (secondary N) is 1.